The highest BCUT2D eigenvalue weighted by Gasteiger charge is 2.31. The van der Waals surface area contributed by atoms with Crippen LogP contribution in [-0.2, 0) is 16.0 Å². The number of amides is 4. The van der Waals surface area contributed by atoms with Crippen molar-refractivity contribution in [2.75, 3.05) is 13.1 Å². The average Bonchev–Trinajstić information content (AvgIpc) is 3.00. The first kappa shape index (κ1) is 17.1. The van der Waals surface area contributed by atoms with Crippen LogP contribution < -0.4 is 10.6 Å². The Kier molecular flexibility index (Phi) is 4.49. The van der Waals surface area contributed by atoms with Crippen molar-refractivity contribution in [1.82, 2.24) is 30.5 Å². The Morgan fingerprint density at radius 2 is 2.22 bits per heavy atom. The van der Waals surface area contributed by atoms with Crippen molar-refractivity contribution in [1.29, 1.82) is 0 Å². The van der Waals surface area contributed by atoms with Crippen molar-refractivity contribution in [3.05, 3.63) is 42.0 Å². The number of imide groups is 1. The van der Waals surface area contributed by atoms with E-state index < -0.39 is 11.9 Å². The third-order valence-corrected chi connectivity index (χ3v) is 4.68. The van der Waals surface area contributed by atoms with E-state index in [2.05, 4.69) is 25.6 Å². The second kappa shape index (κ2) is 7.10. The van der Waals surface area contributed by atoms with Gasteiger partial charge in [-0.2, -0.15) is 0 Å². The molecule has 0 unspecified atom stereocenters. The van der Waals surface area contributed by atoms with Gasteiger partial charge in [-0.15, -0.1) is 0 Å². The molecule has 1 atom stereocenters. The van der Waals surface area contributed by atoms with E-state index >= 15 is 0 Å². The first-order valence-electron chi connectivity index (χ1n) is 8.75. The molecule has 0 bridgehead atoms. The first-order valence-corrected chi connectivity index (χ1v) is 8.75. The standard InChI is InChI=1S/C18H18N6O3/c25-15(10-24-16(26)9-21-18(24)27)22-13-4-1-5-14-12(13)8-20-17(23-14)11-3-2-6-19-7-11/h2-3,6-8,13H,1,4-5,9-10H2,(H,21,27)(H,22,25)/t13-/m1/s1. The second-order valence-electron chi connectivity index (χ2n) is 6.49. The molecule has 2 aromatic heterocycles. The molecular formula is C18H18N6O3. The van der Waals surface area contributed by atoms with Gasteiger partial charge < -0.3 is 10.6 Å². The lowest BCUT2D eigenvalue weighted by Crippen LogP contribution is -2.42. The van der Waals surface area contributed by atoms with Gasteiger partial charge in [-0.05, 0) is 31.4 Å². The topological polar surface area (TPSA) is 117 Å². The van der Waals surface area contributed by atoms with Crippen molar-refractivity contribution in [2.45, 2.75) is 25.3 Å². The zero-order valence-corrected chi connectivity index (χ0v) is 14.5. The fourth-order valence-corrected chi connectivity index (χ4v) is 3.33. The highest BCUT2D eigenvalue weighted by atomic mass is 16.2. The Morgan fingerprint density at radius 3 is 2.96 bits per heavy atom. The van der Waals surface area contributed by atoms with Crippen molar-refractivity contribution >= 4 is 17.8 Å². The smallest absolute Gasteiger partial charge is 0.325 e. The van der Waals surface area contributed by atoms with Crippen LogP contribution >= 0.6 is 0 Å². The van der Waals surface area contributed by atoms with Crippen LogP contribution in [0.2, 0.25) is 0 Å². The van der Waals surface area contributed by atoms with E-state index in [-0.39, 0.29) is 25.0 Å². The van der Waals surface area contributed by atoms with Gasteiger partial charge in [0.25, 0.3) is 5.91 Å². The summed E-state index contributed by atoms with van der Waals surface area (Å²) in [6.07, 6.45) is 7.59. The van der Waals surface area contributed by atoms with Crippen LogP contribution in [0.3, 0.4) is 0 Å². The fourth-order valence-electron chi connectivity index (χ4n) is 3.33. The van der Waals surface area contributed by atoms with E-state index in [1.807, 2.05) is 12.1 Å². The zero-order valence-electron chi connectivity index (χ0n) is 14.5. The van der Waals surface area contributed by atoms with Crippen LogP contribution in [0.4, 0.5) is 4.79 Å². The van der Waals surface area contributed by atoms with E-state index in [0.29, 0.717) is 5.82 Å². The lowest BCUT2D eigenvalue weighted by Gasteiger charge is -2.26. The number of nitrogens with one attached hydrogen (secondary N) is 2. The molecule has 1 aliphatic carbocycles. The monoisotopic (exact) mass is 366 g/mol. The van der Waals surface area contributed by atoms with E-state index in [1.54, 1.807) is 18.6 Å². The summed E-state index contributed by atoms with van der Waals surface area (Å²) in [4.78, 5) is 49.6. The molecule has 0 aromatic carbocycles. The third-order valence-electron chi connectivity index (χ3n) is 4.68. The normalized spacial score (nSPS) is 18.8. The molecule has 1 saturated heterocycles. The Morgan fingerprint density at radius 1 is 1.33 bits per heavy atom. The Bertz CT molecular complexity index is 885. The zero-order chi connectivity index (χ0) is 18.8. The van der Waals surface area contributed by atoms with Gasteiger partial charge in [0.05, 0.1) is 12.6 Å². The predicted molar refractivity (Wildman–Crippen MR) is 94.2 cm³/mol. The number of carbonyl (C=O) groups excluding carboxylic acids is 3. The summed E-state index contributed by atoms with van der Waals surface area (Å²) in [5.74, 6) is -0.175. The van der Waals surface area contributed by atoms with Crippen LogP contribution in [0.15, 0.2) is 30.7 Å². The number of hydrogen-bond donors (Lipinski definition) is 2. The number of rotatable bonds is 4. The molecule has 9 heteroatoms. The van der Waals surface area contributed by atoms with Crippen LogP contribution in [0.1, 0.15) is 30.1 Å². The first-order chi connectivity index (χ1) is 13.1. The number of aromatic nitrogens is 3. The molecule has 4 amide bonds. The Balaban J connectivity index is 1.49. The van der Waals surface area contributed by atoms with Gasteiger partial charge in [0, 0.05) is 35.4 Å². The number of pyridine rings is 1. The maximum Gasteiger partial charge on any atom is 0.325 e. The lowest BCUT2D eigenvalue weighted by atomic mass is 9.92. The molecule has 0 radical (unpaired) electrons. The summed E-state index contributed by atoms with van der Waals surface area (Å²) < 4.78 is 0. The summed E-state index contributed by atoms with van der Waals surface area (Å²) in [6.45, 7) is -0.353. The SMILES string of the molecule is O=C(CN1C(=O)CNC1=O)N[C@@H]1CCCc2nc(-c3cccnc3)ncc21. The summed E-state index contributed by atoms with van der Waals surface area (Å²) >= 11 is 0. The van der Waals surface area contributed by atoms with Gasteiger partial charge in [0.15, 0.2) is 5.82 Å². The van der Waals surface area contributed by atoms with Crippen LogP contribution in [0.25, 0.3) is 11.4 Å². The average molecular weight is 366 g/mol. The molecule has 2 aromatic rings. The molecule has 3 heterocycles. The minimum Gasteiger partial charge on any atom is -0.348 e. The van der Waals surface area contributed by atoms with Crippen LogP contribution in [0.5, 0.6) is 0 Å². The van der Waals surface area contributed by atoms with Crippen molar-refractivity contribution in [2.24, 2.45) is 0 Å². The molecule has 27 heavy (non-hydrogen) atoms. The maximum absolute atomic E-state index is 12.3. The minimum atomic E-state index is -0.538. The second-order valence-corrected chi connectivity index (χ2v) is 6.49. The lowest BCUT2D eigenvalue weighted by molar-refractivity contribution is -0.131. The van der Waals surface area contributed by atoms with Gasteiger partial charge in [-0.25, -0.2) is 14.8 Å². The molecule has 0 spiro atoms. The maximum atomic E-state index is 12.3. The molecular weight excluding hydrogens is 348 g/mol. The summed E-state index contributed by atoms with van der Waals surface area (Å²) in [7, 11) is 0. The van der Waals surface area contributed by atoms with Crippen molar-refractivity contribution < 1.29 is 14.4 Å². The molecule has 1 fully saturated rings. The van der Waals surface area contributed by atoms with Gasteiger partial charge in [-0.1, -0.05) is 0 Å². The largest absolute Gasteiger partial charge is 0.348 e. The highest BCUT2D eigenvalue weighted by molar-refractivity contribution is 6.04. The van der Waals surface area contributed by atoms with E-state index in [4.69, 9.17) is 0 Å². The molecule has 1 aliphatic heterocycles. The number of fused-ring (bicyclic) bond motifs is 1. The molecule has 4 rings (SSSR count). The number of carbonyl (C=O) groups is 3. The predicted octanol–water partition coefficient (Wildman–Crippen LogP) is 0.584. The molecule has 138 valence electrons. The fraction of sp³-hybridized carbons (Fsp3) is 0.333. The molecule has 2 aliphatic rings. The Hall–Kier alpha value is -3.36. The third kappa shape index (κ3) is 3.48. The number of urea groups is 1. The summed E-state index contributed by atoms with van der Waals surface area (Å²) in [5.41, 5.74) is 2.61. The highest BCUT2D eigenvalue weighted by Crippen LogP contribution is 2.29. The Labute approximate surface area is 155 Å². The van der Waals surface area contributed by atoms with E-state index in [1.165, 1.54) is 0 Å². The number of hydrogen-bond acceptors (Lipinski definition) is 6. The van der Waals surface area contributed by atoms with Gasteiger partial charge in [-0.3, -0.25) is 19.5 Å². The van der Waals surface area contributed by atoms with Crippen molar-refractivity contribution in [3.8, 4) is 11.4 Å². The van der Waals surface area contributed by atoms with E-state index in [9.17, 15) is 14.4 Å². The summed E-state index contributed by atoms with van der Waals surface area (Å²) in [6, 6.07) is 2.96. The van der Waals surface area contributed by atoms with Crippen LogP contribution in [0, 0.1) is 0 Å². The number of nitrogens with zero attached hydrogens (tertiary/aromatic N) is 4. The molecule has 9 nitrogen and oxygen atoms in total. The molecule has 0 saturated carbocycles. The molecule has 2 N–H and O–H groups in total. The van der Waals surface area contributed by atoms with Gasteiger partial charge >= 0.3 is 6.03 Å². The van der Waals surface area contributed by atoms with Crippen LogP contribution in [-0.4, -0.2) is 50.8 Å². The van der Waals surface area contributed by atoms with Gasteiger partial charge in [0.1, 0.15) is 6.54 Å². The number of aryl methyl sites for hydroxylation is 1. The van der Waals surface area contributed by atoms with E-state index in [0.717, 1.165) is 41.0 Å². The minimum absolute atomic E-state index is 0.0661. The summed E-state index contributed by atoms with van der Waals surface area (Å²) in [5, 5.41) is 5.30. The quantitative estimate of drug-likeness (QED) is 0.765. The van der Waals surface area contributed by atoms with Gasteiger partial charge in [0.2, 0.25) is 5.91 Å². The van der Waals surface area contributed by atoms with Crippen molar-refractivity contribution in [3.63, 3.8) is 0 Å².